The van der Waals surface area contributed by atoms with Crippen molar-refractivity contribution in [2.45, 2.75) is 32.2 Å². The lowest BCUT2D eigenvalue weighted by molar-refractivity contribution is -0.113. The number of aromatic nitrogens is 3. The minimum absolute atomic E-state index is 0.0527. The number of hydrogen-bond acceptors (Lipinski definition) is 5. The van der Waals surface area contributed by atoms with Crippen LogP contribution in [0.2, 0.25) is 0 Å². The van der Waals surface area contributed by atoms with Crippen LogP contribution in [0.25, 0.3) is 0 Å². The fourth-order valence-electron chi connectivity index (χ4n) is 2.92. The lowest BCUT2D eigenvalue weighted by atomic mass is 10.1. The average molecular weight is 427 g/mol. The highest BCUT2D eigenvalue weighted by Gasteiger charge is 2.15. The number of nitrogens with zero attached hydrogens (tertiary/aromatic N) is 3. The van der Waals surface area contributed by atoms with Gasteiger partial charge < -0.3 is 10.1 Å². The van der Waals surface area contributed by atoms with Crippen LogP contribution >= 0.6 is 11.8 Å². The summed E-state index contributed by atoms with van der Waals surface area (Å²) in [4.78, 5) is 12.4. The number of carbonyl (C=O) groups is 1. The number of allylic oxidation sites excluding steroid dienone is 1. The molecule has 1 amide bonds. The predicted molar refractivity (Wildman–Crippen MR) is 116 cm³/mol. The van der Waals surface area contributed by atoms with Gasteiger partial charge in [-0.25, -0.2) is 4.39 Å². The number of amides is 1. The van der Waals surface area contributed by atoms with Gasteiger partial charge in [-0.15, -0.1) is 16.8 Å². The number of anilines is 1. The first kappa shape index (κ1) is 21.6. The number of aryl methyl sites for hydroxylation is 2. The SMILES string of the molecule is C=CCn1c(COc2ccccc2F)nnc1SCC(=O)Nc1cc(C)cc(C)c1. The van der Waals surface area contributed by atoms with Gasteiger partial charge in [0, 0.05) is 12.2 Å². The average Bonchev–Trinajstić information content (AvgIpc) is 3.07. The Hall–Kier alpha value is -3.13. The van der Waals surface area contributed by atoms with Gasteiger partial charge in [0.25, 0.3) is 0 Å². The topological polar surface area (TPSA) is 69.0 Å². The van der Waals surface area contributed by atoms with Crippen LogP contribution in [-0.4, -0.2) is 26.4 Å². The maximum Gasteiger partial charge on any atom is 0.234 e. The largest absolute Gasteiger partial charge is 0.483 e. The summed E-state index contributed by atoms with van der Waals surface area (Å²) < 4.78 is 21.1. The summed E-state index contributed by atoms with van der Waals surface area (Å²) in [6, 6.07) is 12.1. The zero-order valence-corrected chi connectivity index (χ0v) is 17.7. The molecule has 0 aliphatic rings. The molecule has 0 fully saturated rings. The first-order chi connectivity index (χ1) is 14.5. The number of thioether (sulfide) groups is 1. The molecule has 0 aliphatic carbocycles. The minimum Gasteiger partial charge on any atom is -0.483 e. The minimum atomic E-state index is -0.440. The number of ether oxygens (including phenoxy) is 1. The first-order valence-electron chi connectivity index (χ1n) is 9.37. The summed E-state index contributed by atoms with van der Waals surface area (Å²) in [6.07, 6.45) is 1.70. The van der Waals surface area contributed by atoms with E-state index in [9.17, 15) is 9.18 Å². The third-order valence-electron chi connectivity index (χ3n) is 4.14. The quantitative estimate of drug-likeness (QED) is 0.402. The van der Waals surface area contributed by atoms with E-state index in [0.29, 0.717) is 17.5 Å². The normalized spacial score (nSPS) is 10.6. The molecule has 0 atom stereocenters. The van der Waals surface area contributed by atoms with Crippen molar-refractivity contribution in [3.8, 4) is 5.75 Å². The van der Waals surface area contributed by atoms with Gasteiger partial charge in [0.2, 0.25) is 5.91 Å². The van der Waals surface area contributed by atoms with E-state index in [1.807, 2.05) is 32.0 Å². The third-order valence-corrected chi connectivity index (χ3v) is 5.10. The third kappa shape index (κ3) is 5.70. The smallest absolute Gasteiger partial charge is 0.234 e. The van der Waals surface area contributed by atoms with Gasteiger partial charge in [0.15, 0.2) is 22.5 Å². The Bertz CT molecular complexity index is 1030. The van der Waals surface area contributed by atoms with E-state index in [2.05, 4.69) is 22.1 Å². The Morgan fingerprint density at radius 1 is 1.23 bits per heavy atom. The lowest BCUT2D eigenvalue weighted by Crippen LogP contribution is -2.15. The number of halogens is 1. The molecule has 0 spiro atoms. The molecule has 1 heterocycles. The molecule has 6 nitrogen and oxygen atoms in total. The summed E-state index contributed by atoms with van der Waals surface area (Å²) in [5.74, 6) is 0.270. The van der Waals surface area contributed by atoms with Crippen LogP contribution < -0.4 is 10.1 Å². The van der Waals surface area contributed by atoms with Crippen molar-refractivity contribution >= 4 is 23.4 Å². The van der Waals surface area contributed by atoms with Gasteiger partial charge in [-0.05, 0) is 49.2 Å². The van der Waals surface area contributed by atoms with Crippen LogP contribution in [0, 0.1) is 19.7 Å². The highest BCUT2D eigenvalue weighted by atomic mass is 32.2. The maximum atomic E-state index is 13.8. The van der Waals surface area contributed by atoms with Crippen molar-refractivity contribution in [3.05, 3.63) is 77.9 Å². The van der Waals surface area contributed by atoms with Crippen molar-refractivity contribution in [3.63, 3.8) is 0 Å². The van der Waals surface area contributed by atoms with Gasteiger partial charge in [0.1, 0.15) is 6.61 Å². The van der Waals surface area contributed by atoms with Crippen LogP contribution in [0.4, 0.5) is 10.1 Å². The van der Waals surface area contributed by atoms with Crippen LogP contribution in [0.5, 0.6) is 5.75 Å². The lowest BCUT2D eigenvalue weighted by Gasteiger charge is -2.10. The fourth-order valence-corrected chi connectivity index (χ4v) is 3.69. The second-order valence-electron chi connectivity index (χ2n) is 6.73. The Kier molecular flexibility index (Phi) is 7.24. The molecule has 0 radical (unpaired) electrons. The molecule has 30 heavy (non-hydrogen) atoms. The summed E-state index contributed by atoms with van der Waals surface area (Å²) in [7, 11) is 0. The van der Waals surface area contributed by atoms with Crippen molar-refractivity contribution in [1.82, 2.24) is 14.8 Å². The number of carbonyl (C=O) groups excluding carboxylic acids is 1. The Labute approximate surface area is 179 Å². The van der Waals surface area contributed by atoms with Crippen molar-refractivity contribution in [2.75, 3.05) is 11.1 Å². The van der Waals surface area contributed by atoms with E-state index < -0.39 is 5.82 Å². The molecular formula is C22H23FN4O2S. The molecule has 1 N–H and O–H groups in total. The van der Waals surface area contributed by atoms with E-state index in [4.69, 9.17) is 4.74 Å². The van der Waals surface area contributed by atoms with Gasteiger partial charge in [-0.1, -0.05) is 36.0 Å². The maximum absolute atomic E-state index is 13.8. The van der Waals surface area contributed by atoms with Crippen molar-refractivity contribution in [1.29, 1.82) is 0 Å². The predicted octanol–water partition coefficient (Wildman–Crippen LogP) is 4.53. The molecular weight excluding hydrogens is 403 g/mol. The molecule has 0 saturated heterocycles. The molecule has 2 aromatic carbocycles. The van der Waals surface area contributed by atoms with Crippen LogP contribution in [0.1, 0.15) is 17.0 Å². The fraction of sp³-hybridized carbons (Fsp3) is 0.227. The van der Waals surface area contributed by atoms with E-state index in [-0.39, 0.29) is 24.0 Å². The molecule has 3 aromatic rings. The van der Waals surface area contributed by atoms with Crippen LogP contribution in [0.15, 0.2) is 60.3 Å². The Balaban J connectivity index is 1.63. The number of nitrogens with one attached hydrogen (secondary N) is 1. The summed E-state index contributed by atoms with van der Waals surface area (Å²) >= 11 is 1.27. The molecule has 0 bridgehead atoms. The Morgan fingerprint density at radius 2 is 1.97 bits per heavy atom. The second kappa shape index (κ2) is 10.1. The summed E-state index contributed by atoms with van der Waals surface area (Å²) in [6.45, 7) is 8.23. The van der Waals surface area contributed by atoms with E-state index >= 15 is 0 Å². The molecule has 3 rings (SSSR count). The summed E-state index contributed by atoms with van der Waals surface area (Å²) in [5.41, 5.74) is 2.94. The van der Waals surface area contributed by atoms with E-state index in [0.717, 1.165) is 16.8 Å². The van der Waals surface area contributed by atoms with Crippen molar-refractivity contribution in [2.24, 2.45) is 0 Å². The number of benzene rings is 2. The zero-order valence-electron chi connectivity index (χ0n) is 16.9. The second-order valence-corrected chi connectivity index (χ2v) is 7.67. The van der Waals surface area contributed by atoms with E-state index in [1.54, 1.807) is 28.8 Å². The first-order valence-corrected chi connectivity index (χ1v) is 10.4. The highest BCUT2D eigenvalue weighted by Crippen LogP contribution is 2.21. The van der Waals surface area contributed by atoms with Crippen LogP contribution in [0.3, 0.4) is 0 Å². The number of para-hydroxylation sites is 1. The molecule has 1 aromatic heterocycles. The molecule has 0 aliphatic heterocycles. The zero-order chi connectivity index (χ0) is 21.5. The molecule has 0 unspecified atom stereocenters. The monoisotopic (exact) mass is 426 g/mol. The Morgan fingerprint density at radius 3 is 2.67 bits per heavy atom. The van der Waals surface area contributed by atoms with Gasteiger partial charge in [-0.3, -0.25) is 9.36 Å². The number of hydrogen-bond donors (Lipinski definition) is 1. The molecule has 0 saturated carbocycles. The van der Waals surface area contributed by atoms with Gasteiger partial charge >= 0.3 is 0 Å². The molecule has 156 valence electrons. The summed E-state index contributed by atoms with van der Waals surface area (Å²) in [5, 5.41) is 11.7. The van der Waals surface area contributed by atoms with Crippen LogP contribution in [-0.2, 0) is 17.9 Å². The standard InChI is InChI=1S/C22H23FN4O2S/c1-4-9-27-20(13-29-19-8-6-5-7-18(19)23)25-26-22(27)30-14-21(28)24-17-11-15(2)10-16(3)12-17/h4-8,10-12H,1,9,13-14H2,2-3H3,(H,24,28). The van der Waals surface area contributed by atoms with Gasteiger partial charge in [-0.2, -0.15) is 0 Å². The number of rotatable bonds is 9. The van der Waals surface area contributed by atoms with Gasteiger partial charge in [0.05, 0.1) is 5.75 Å². The molecule has 8 heteroatoms. The highest BCUT2D eigenvalue weighted by molar-refractivity contribution is 7.99. The van der Waals surface area contributed by atoms with Crippen molar-refractivity contribution < 1.29 is 13.9 Å². The van der Waals surface area contributed by atoms with E-state index in [1.165, 1.54) is 17.8 Å².